The minimum Gasteiger partial charge on any atom is -0.508 e. The van der Waals surface area contributed by atoms with E-state index >= 15 is 0 Å². The van der Waals surface area contributed by atoms with Crippen LogP contribution in [-0.4, -0.2) is 54.4 Å². The molecule has 186 valence electrons. The first-order chi connectivity index (χ1) is 15.5. The molecule has 3 aliphatic heterocycles. The fraction of sp³-hybridized carbons (Fsp3) is 0.692. The molecule has 0 spiro atoms. The van der Waals surface area contributed by atoms with Crippen molar-refractivity contribution in [1.82, 2.24) is 0 Å². The number of fused-ring (bicyclic) bond motifs is 4. The van der Waals surface area contributed by atoms with E-state index in [4.69, 9.17) is 21.1 Å². The van der Waals surface area contributed by atoms with Crippen molar-refractivity contribution < 1.29 is 29.3 Å². The summed E-state index contributed by atoms with van der Waals surface area (Å²) >= 11 is 10.9. The van der Waals surface area contributed by atoms with Gasteiger partial charge in [0.25, 0.3) is 0 Å². The van der Waals surface area contributed by atoms with Gasteiger partial charge in [-0.25, -0.2) is 0 Å². The van der Waals surface area contributed by atoms with Gasteiger partial charge in [0.2, 0.25) is 0 Å². The number of carbonyl (C=O) groups excluding carboxylic acids is 2. The molecule has 1 aromatic rings. The minimum atomic E-state index is -1.73. The number of phenols is 2. The normalized spacial score (nSPS) is 41.9. The summed E-state index contributed by atoms with van der Waals surface area (Å²) in [5, 5.41) is 21.2. The van der Waals surface area contributed by atoms with Gasteiger partial charge < -0.3 is 19.7 Å². The lowest BCUT2D eigenvalue weighted by Crippen LogP contribution is -2.73. The average Bonchev–Trinajstić information content (AvgIpc) is 3.22. The number of carbonyl (C=O) groups is 2. The van der Waals surface area contributed by atoms with Gasteiger partial charge in [-0.3, -0.25) is 9.59 Å². The minimum absolute atomic E-state index is 0.0438. The van der Waals surface area contributed by atoms with Crippen LogP contribution in [0.25, 0.3) is 0 Å². The first-order valence-electron chi connectivity index (χ1n) is 11.9. The van der Waals surface area contributed by atoms with Crippen LogP contribution in [0.4, 0.5) is 0 Å². The van der Waals surface area contributed by atoms with E-state index in [0.29, 0.717) is 0 Å². The SMILES string of the molecule is Cc1c(O)cc2c(c1O)C(=O)[C@@]1(Cl)C[C@@H](Br)C(C)(C)O[C@@]1(C[C@H]1C(C)(C)[C@H]3CC[C@]1(C)O3)C2=O. The fourth-order valence-corrected chi connectivity index (χ4v) is 8.26. The number of ether oxygens (including phenoxy) is 2. The maximum Gasteiger partial charge on any atom is 0.197 e. The topological polar surface area (TPSA) is 93.1 Å². The zero-order valence-corrected chi connectivity index (χ0v) is 22.8. The lowest BCUT2D eigenvalue weighted by Gasteiger charge is -2.58. The molecule has 5 rings (SSSR count). The number of Topliss-reactive ketones (excluding diaryl/α,β-unsaturated/α-hetero) is 2. The molecule has 2 bridgehead atoms. The van der Waals surface area contributed by atoms with Crippen molar-refractivity contribution in [3.05, 3.63) is 22.8 Å². The third kappa shape index (κ3) is 2.81. The first kappa shape index (κ1) is 24.5. The summed E-state index contributed by atoms with van der Waals surface area (Å²) in [4.78, 5) is 26.5. The second-order valence-electron chi connectivity index (χ2n) is 12.0. The van der Waals surface area contributed by atoms with E-state index in [1.54, 1.807) is 0 Å². The summed E-state index contributed by atoms with van der Waals surface area (Å²) in [5.74, 6) is -1.77. The van der Waals surface area contributed by atoms with Crippen molar-refractivity contribution in [3.8, 4) is 11.5 Å². The zero-order valence-electron chi connectivity index (χ0n) is 20.4. The van der Waals surface area contributed by atoms with Gasteiger partial charge in [0.15, 0.2) is 17.2 Å². The highest BCUT2D eigenvalue weighted by atomic mass is 79.9. The molecule has 2 N–H and O–H groups in total. The quantitative estimate of drug-likeness (QED) is 0.472. The maximum absolute atomic E-state index is 14.4. The van der Waals surface area contributed by atoms with Gasteiger partial charge in [0.05, 0.1) is 22.9 Å². The molecule has 0 radical (unpaired) electrons. The molecule has 0 amide bonds. The molecular weight excluding hydrogens is 524 g/mol. The van der Waals surface area contributed by atoms with E-state index < -0.39 is 39.0 Å². The molecule has 0 aromatic heterocycles. The van der Waals surface area contributed by atoms with Gasteiger partial charge in [-0.2, -0.15) is 0 Å². The standard InChI is InChI=1S/C26H32BrClO6/c1-12-14(29)9-13-18(19(12)30)21(32)25(28)11-16(27)23(4,5)34-26(25,20(13)31)10-15-22(2,3)17-7-8-24(15,6)33-17/h9,15-17,29-30H,7-8,10-11H2,1-6H3/t15-,16+,17+,24-,25-,26-/m0/s1. The lowest BCUT2D eigenvalue weighted by molar-refractivity contribution is -0.172. The largest absolute Gasteiger partial charge is 0.508 e. The molecule has 4 aliphatic rings. The number of rotatable bonds is 2. The van der Waals surface area contributed by atoms with Crippen molar-refractivity contribution >= 4 is 39.1 Å². The number of ketones is 2. The molecular formula is C26H32BrClO6. The third-order valence-corrected chi connectivity index (χ3v) is 11.3. The molecule has 3 heterocycles. The van der Waals surface area contributed by atoms with Crippen molar-refractivity contribution in [3.63, 3.8) is 0 Å². The van der Waals surface area contributed by atoms with Crippen molar-refractivity contribution in [1.29, 1.82) is 0 Å². The van der Waals surface area contributed by atoms with E-state index in [2.05, 4.69) is 36.7 Å². The van der Waals surface area contributed by atoms with Crippen LogP contribution in [0, 0.1) is 18.3 Å². The van der Waals surface area contributed by atoms with Crippen LogP contribution in [0.3, 0.4) is 0 Å². The lowest BCUT2D eigenvalue weighted by atomic mass is 9.55. The Bertz CT molecular complexity index is 1130. The van der Waals surface area contributed by atoms with Crippen LogP contribution in [0.5, 0.6) is 11.5 Å². The molecule has 6 atom stereocenters. The number of aromatic hydroxyl groups is 2. The van der Waals surface area contributed by atoms with Crippen molar-refractivity contribution in [2.45, 2.75) is 99.8 Å². The Morgan fingerprint density at radius 3 is 2.38 bits per heavy atom. The summed E-state index contributed by atoms with van der Waals surface area (Å²) in [6, 6.07) is 1.27. The molecule has 0 saturated carbocycles. The smallest absolute Gasteiger partial charge is 0.197 e. The summed E-state index contributed by atoms with van der Waals surface area (Å²) in [6.45, 7) is 11.6. The van der Waals surface area contributed by atoms with Crippen LogP contribution >= 0.6 is 27.5 Å². The van der Waals surface area contributed by atoms with E-state index in [1.807, 2.05) is 13.8 Å². The van der Waals surface area contributed by atoms with Gasteiger partial charge >= 0.3 is 0 Å². The third-order valence-electron chi connectivity index (χ3n) is 9.29. The Labute approximate surface area is 213 Å². The van der Waals surface area contributed by atoms with Gasteiger partial charge in [-0.05, 0) is 70.8 Å². The van der Waals surface area contributed by atoms with Gasteiger partial charge in [0.1, 0.15) is 16.4 Å². The molecule has 34 heavy (non-hydrogen) atoms. The van der Waals surface area contributed by atoms with E-state index in [1.165, 1.54) is 13.0 Å². The Morgan fingerprint density at radius 1 is 1.15 bits per heavy atom. The second kappa shape index (κ2) is 6.99. The molecule has 1 aromatic carbocycles. The van der Waals surface area contributed by atoms with Crippen LogP contribution in [0.15, 0.2) is 6.07 Å². The highest BCUT2D eigenvalue weighted by Crippen LogP contribution is 2.64. The summed E-state index contributed by atoms with van der Waals surface area (Å²) < 4.78 is 13.1. The van der Waals surface area contributed by atoms with Crippen LogP contribution in [-0.2, 0) is 9.47 Å². The number of phenolic OH excluding ortho intramolecular Hbond substituents is 2. The maximum atomic E-state index is 14.4. The summed E-state index contributed by atoms with van der Waals surface area (Å²) in [7, 11) is 0. The van der Waals surface area contributed by atoms with Crippen LogP contribution < -0.4 is 0 Å². The van der Waals surface area contributed by atoms with Crippen LogP contribution in [0.1, 0.15) is 86.6 Å². The van der Waals surface area contributed by atoms with Crippen molar-refractivity contribution in [2.24, 2.45) is 11.3 Å². The van der Waals surface area contributed by atoms with Gasteiger partial charge in [-0.15, -0.1) is 11.6 Å². The number of hydrogen-bond donors (Lipinski definition) is 2. The average molecular weight is 556 g/mol. The number of benzene rings is 1. The molecule has 8 heteroatoms. The first-order valence-corrected chi connectivity index (χ1v) is 13.2. The fourth-order valence-electron chi connectivity index (χ4n) is 7.05. The zero-order chi connectivity index (χ0) is 25.2. The summed E-state index contributed by atoms with van der Waals surface area (Å²) in [6.07, 6.45) is 2.23. The van der Waals surface area contributed by atoms with Gasteiger partial charge in [0, 0.05) is 16.0 Å². The molecule has 1 aliphatic carbocycles. The highest BCUT2D eigenvalue weighted by molar-refractivity contribution is 9.09. The molecule has 6 nitrogen and oxygen atoms in total. The summed E-state index contributed by atoms with van der Waals surface area (Å²) in [5.41, 5.74) is -3.24. The molecule has 3 saturated heterocycles. The Morgan fingerprint density at radius 2 is 1.79 bits per heavy atom. The second-order valence-corrected chi connectivity index (χ2v) is 13.7. The Hall–Kier alpha value is -1.15. The van der Waals surface area contributed by atoms with Gasteiger partial charge in [-0.1, -0.05) is 29.8 Å². The van der Waals surface area contributed by atoms with E-state index in [-0.39, 0.29) is 57.5 Å². The Kier molecular flexibility index (Phi) is 5.05. The Balaban J connectivity index is 1.75. The predicted octanol–water partition coefficient (Wildman–Crippen LogP) is 5.45. The van der Waals surface area contributed by atoms with E-state index in [9.17, 15) is 19.8 Å². The van der Waals surface area contributed by atoms with Crippen molar-refractivity contribution in [2.75, 3.05) is 0 Å². The number of hydrogen-bond acceptors (Lipinski definition) is 6. The molecule has 3 fully saturated rings. The van der Waals surface area contributed by atoms with Crippen LogP contribution in [0.2, 0.25) is 0 Å². The predicted molar refractivity (Wildman–Crippen MR) is 131 cm³/mol. The molecule has 0 unspecified atom stereocenters. The highest BCUT2D eigenvalue weighted by Gasteiger charge is 2.73. The van der Waals surface area contributed by atoms with E-state index in [0.717, 1.165) is 12.8 Å². The number of alkyl halides is 2. The number of halogens is 2. The monoisotopic (exact) mass is 554 g/mol.